The van der Waals surface area contributed by atoms with Gasteiger partial charge in [-0.1, -0.05) is 20.8 Å². The Bertz CT molecular complexity index is 170. The molecule has 0 aliphatic rings. The van der Waals surface area contributed by atoms with Gasteiger partial charge in [-0.3, -0.25) is 4.79 Å². The number of hydrogen-bond acceptors (Lipinski definition) is 4. The zero-order valence-corrected chi connectivity index (χ0v) is 10.8. The van der Waals surface area contributed by atoms with Gasteiger partial charge in [-0.15, -0.1) is 0 Å². The van der Waals surface area contributed by atoms with Gasteiger partial charge in [0.05, 0.1) is 13.0 Å². The summed E-state index contributed by atoms with van der Waals surface area (Å²) in [5.41, 5.74) is 0. The summed E-state index contributed by atoms with van der Waals surface area (Å²) in [5, 5.41) is 0. The first-order valence-electron chi connectivity index (χ1n) is 6.20. The maximum atomic E-state index is 11.3. The summed E-state index contributed by atoms with van der Waals surface area (Å²) < 4.78 is 10.3. The summed E-state index contributed by atoms with van der Waals surface area (Å²) in [4.78, 5) is 13.5. The molecule has 0 aromatic rings. The lowest BCUT2D eigenvalue weighted by Gasteiger charge is -2.16. The van der Waals surface area contributed by atoms with Crippen LogP contribution in [0.5, 0.6) is 0 Å². The van der Waals surface area contributed by atoms with Crippen molar-refractivity contribution >= 4 is 5.97 Å². The van der Waals surface area contributed by atoms with Crippen LogP contribution in [0.1, 0.15) is 33.6 Å². The lowest BCUT2D eigenvalue weighted by molar-refractivity contribution is -0.145. The van der Waals surface area contributed by atoms with E-state index in [9.17, 15) is 4.79 Å². The summed E-state index contributed by atoms with van der Waals surface area (Å²) in [7, 11) is 0. The van der Waals surface area contributed by atoms with E-state index >= 15 is 0 Å². The molecule has 0 heterocycles. The van der Waals surface area contributed by atoms with Crippen LogP contribution in [0.25, 0.3) is 0 Å². The first-order valence-corrected chi connectivity index (χ1v) is 6.20. The number of carbonyl (C=O) groups excluding carboxylic acids is 1. The Labute approximate surface area is 98.9 Å². The maximum Gasteiger partial charge on any atom is 0.307 e. The van der Waals surface area contributed by atoms with Crippen molar-refractivity contribution in [2.24, 2.45) is 0 Å². The fourth-order valence-electron chi connectivity index (χ4n) is 1.32. The molecule has 0 atom stereocenters. The smallest absolute Gasteiger partial charge is 0.307 e. The minimum Gasteiger partial charge on any atom is -0.463 e. The average molecular weight is 231 g/mol. The monoisotopic (exact) mass is 231 g/mol. The van der Waals surface area contributed by atoms with Crippen LogP contribution in [-0.2, 0) is 14.3 Å². The van der Waals surface area contributed by atoms with Crippen LogP contribution in [0.3, 0.4) is 0 Å². The Balaban J connectivity index is 3.37. The first kappa shape index (κ1) is 15.4. The minimum absolute atomic E-state index is 0.132. The van der Waals surface area contributed by atoms with E-state index in [1.165, 1.54) is 0 Å². The van der Waals surface area contributed by atoms with E-state index in [1.807, 2.05) is 0 Å². The van der Waals surface area contributed by atoms with Crippen LogP contribution in [0.2, 0.25) is 0 Å². The molecule has 0 spiro atoms. The quantitative estimate of drug-likeness (QED) is 0.423. The lowest BCUT2D eigenvalue weighted by atomic mass is 10.4. The predicted octanol–water partition coefficient (Wildman–Crippen LogP) is 1.69. The van der Waals surface area contributed by atoms with Crippen LogP contribution in [0.15, 0.2) is 0 Å². The topological polar surface area (TPSA) is 38.8 Å². The molecule has 0 saturated carbocycles. The summed E-state index contributed by atoms with van der Waals surface area (Å²) >= 11 is 0. The molecule has 4 heteroatoms. The van der Waals surface area contributed by atoms with Gasteiger partial charge in [0.25, 0.3) is 0 Å². The van der Waals surface area contributed by atoms with Gasteiger partial charge in [-0.2, -0.15) is 0 Å². The van der Waals surface area contributed by atoms with Crippen molar-refractivity contribution < 1.29 is 14.3 Å². The Morgan fingerprint density at radius 1 is 1.06 bits per heavy atom. The number of carbonyl (C=O) groups is 1. The van der Waals surface area contributed by atoms with Gasteiger partial charge >= 0.3 is 5.97 Å². The zero-order valence-electron chi connectivity index (χ0n) is 10.8. The molecule has 0 bridgehead atoms. The number of ether oxygens (including phenoxy) is 2. The van der Waals surface area contributed by atoms with Gasteiger partial charge in [0.1, 0.15) is 6.61 Å². The molecular weight excluding hydrogens is 206 g/mol. The summed E-state index contributed by atoms with van der Waals surface area (Å²) in [5.74, 6) is -0.132. The third-order valence-electron chi connectivity index (χ3n) is 2.37. The Hall–Kier alpha value is -0.610. The van der Waals surface area contributed by atoms with Crippen LogP contribution in [-0.4, -0.2) is 50.3 Å². The van der Waals surface area contributed by atoms with Crippen LogP contribution in [0, 0.1) is 0 Å². The van der Waals surface area contributed by atoms with Crippen molar-refractivity contribution in [3.8, 4) is 0 Å². The molecule has 4 nitrogen and oxygen atoms in total. The highest BCUT2D eigenvalue weighted by Gasteiger charge is 2.05. The second kappa shape index (κ2) is 10.9. The van der Waals surface area contributed by atoms with Gasteiger partial charge in [0, 0.05) is 13.2 Å². The predicted molar refractivity (Wildman–Crippen MR) is 64.5 cm³/mol. The van der Waals surface area contributed by atoms with E-state index in [-0.39, 0.29) is 5.97 Å². The van der Waals surface area contributed by atoms with Gasteiger partial charge in [0.15, 0.2) is 0 Å². The normalized spacial score (nSPS) is 10.8. The van der Waals surface area contributed by atoms with E-state index in [4.69, 9.17) is 9.47 Å². The molecule has 96 valence electrons. The van der Waals surface area contributed by atoms with Gasteiger partial charge in [-0.25, -0.2) is 0 Å². The maximum absolute atomic E-state index is 11.3. The highest BCUT2D eigenvalue weighted by atomic mass is 16.6. The van der Waals surface area contributed by atoms with Crippen molar-refractivity contribution in [3.63, 3.8) is 0 Å². The van der Waals surface area contributed by atoms with Gasteiger partial charge < -0.3 is 14.4 Å². The van der Waals surface area contributed by atoms with Crippen molar-refractivity contribution in [1.82, 2.24) is 4.90 Å². The van der Waals surface area contributed by atoms with E-state index in [0.29, 0.717) is 19.6 Å². The van der Waals surface area contributed by atoms with Crippen LogP contribution < -0.4 is 0 Å². The van der Waals surface area contributed by atoms with E-state index < -0.39 is 0 Å². The number of rotatable bonds is 10. The lowest BCUT2D eigenvalue weighted by Crippen LogP contribution is -2.26. The Morgan fingerprint density at radius 3 is 2.31 bits per heavy atom. The molecule has 0 aromatic heterocycles. The SMILES string of the molecule is CCCOCCOC(=O)CCN(CC)CC. The number of hydrogen-bond donors (Lipinski definition) is 0. The van der Waals surface area contributed by atoms with Crippen LogP contribution >= 0.6 is 0 Å². The molecule has 0 fully saturated rings. The Morgan fingerprint density at radius 2 is 1.75 bits per heavy atom. The van der Waals surface area contributed by atoms with Gasteiger partial charge in [-0.05, 0) is 19.5 Å². The van der Waals surface area contributed by atoms with Crippen molar-refractivity contribution in [3.05, 3.63) is 0 Å². The average Bonchev–Trinajstić information content (AvgIpc) is 2.30. The van der Waals surface area contributed by atoms with Crippen molar-refractivity contribution in [1.29, 1.82) is 0 Å². The molecule has 0 saturated heterocycles. The molecule has 0 radical (unpaired) electrons. The molecule has 0 aromatic carbocycles. The van der Waals surface area contributed by atoms with Gasteiger partial charge in [0.2, 0.25) is 0 Å². The molecule has 0 N–H and O–H groups in total. The highest BCUT2D eigenvalue weighted by molar-refractivity contribution is 5.69. The van der Waals surface area contributed by atoms with E-state index in [2.05, 4.69) is 25.7 Å². The van der Waals surface area contributed by atoms with E-state index in [1.54, 1.807) is 0 Å². The second-order valence-electron chi connectivity index (χ2n) is 3.61. The second-order valence-corrected chi connectivity index (χ2v) is 3.61. The molecule has 16 heavy (non-hydrogen) atoms. The zero-order chi connectivity index (χ0) is 12.2. The summed E-state index contributed by atoms with van der Waals surface area (Å²) in [6.45, 7) is 10.6. The molecule has 0 amide bonds. The fourth-order valence-corrected chi connectivity index (χ4v) is 1.32. The van der Waals surface area contributed by atoms with Crippen molar-refractivity contribution in [2.75, 3.05) is 39.5 Å². The standard InChI is InChI=1S/C12H25NO3/c1-4-9-15-10-11-16-12(14)7-8-13(5-2)6-3/h4-11H2,1-3H3. The fraction of sp³-hybridized carbons (Fsp3) is 0.917. The highest BCUT2D eigenvalue weighted by Crippen LogP contribution is 1.93. The molecule has 0 rings (SSSR count). The first-order chi connectivity index (χ1) is 7.74. The van der Waals surface area contributed by atoms with Crippen molar-refractivity contribution in [2.45, 2.75) is 33.6 Å². The molecular formula is C12H25NO3. The minimum atomic E-state index is -0.132. The largest absolute Gasteiger partial charge is 0.463 e. The summed E-state index contributed by atoms with van der Waals surface area (Å²) in [6, 6.07) is 0. The number of nitrogens with zero attached hydrogens (tertiary/aromatic N) is 1. The summed E-state index contributed by atoms with van der Waals surface area (Å²) in [6.07, 6.45) is 1.46. The number of esters is 1. The Kier molecular flexibility index (Phi) is 10.5. The molecule has 0 aliphatic heterocycles. The van der Waals surface area contributed by atoms with Crippen LogP contribution in [0.4, 0.5) is 0 Å². The molecule has 0 aliphatic carbocycles. The van der Waals surface area contributed by atoms with E-state index in [0.717, 1.165) is 32.7 Å². The third-order valence-corrected chi connectivity index (χ3v) is 2.37. The third kappa shape index (κ3) is 8.68. The molecule has 0 unspecified atom stereocenters.